The van der Waals surface area contributed by atoms with Crippen LogP contribution in [0.1, 0.15) is 58.8 Å². The van der Waals surface area contributed by atoms with Crippen LogP contribution in [0.2, 0.25) is 0 Å². The topological polar surface area (TPSA) is 63.6 Å². The molecule has 5 atom stereocenters. The van der Waals surface area contributed by atoms with Crippen LogP contribution in [0, 0.1) is 28.6 Å². The molecule has 0 saturated heterocycles. The van der Waals surface area contributed by atoms with Crippen molar-refractivity contribution in [1.82, 2.24) is 0 Å². The van der Waals surface area contributed by atoms with E-state index in [1.807, 2.05) is 0 Å². The van der Waals surface area contributed by atoms with Crippen molar-refractivity contribution in [2.24, 2.45) is 28.6 Å². The van der Waals surface area contributed by atoms with E-state index in [9.17, 15) is 9.59 Å². The van der Waals surface area contributed by atoms with Gasteiger partial charge < -0.3 is 9.84 Å². The maximum atomic E-state index is 12.4. The second-order valence-electron chi connectivity index (χ2n) is 9.27. The molecule has 4 aliphatic carbocycles. The second kappa shape index (κ2) is 6.33. The van der Waals surface area contributed by atoms with Crippen LogP contribution >= 0.6 is 0 Å². The summed E-state index contributed by atoms with van der Waals surface area (Å²) in [4.78, 5) is 23.9. The van der Waals surface area contributed by atoms with Gasteiger partial charge in [0.15, 0.2) is 11.5 Å². The lowest BCUT2D eigenvalue weighted by molar-refractivity contribution is -0.126. The number of ether oxygens (including phenoxy) is 1. The largest absolute Gasteiger partial charge is 0.482 e. The third-order valence-corrected chi connectivity index (χ3v) is 8.00. The number of rotatable bonds is 4. The Balaban J connectivity index is 1.65. The van der Waals surface area contributed by atoms with Gasteiger partial charge in [0.05, 0.1) is 0 Å². The lowest BCUT2D eigenvalue weighted by Crippen LogP contribution is -2.49. The normalized spacial score (nSPS) is 41.5. The van der Waals surface area contributed by atoms with Crippen LogP contribution in [0.25, 0.3) is 0 Å². The molecule has 0 heterocycles. The zero-order valence-electron chi connectivity index (χ0n) is 15.9. The Kier molecular flexibility index (Phi) is 4.37. The number of carbonyl (C=O) groups excluding carboxylic acids is 2. The number of aliphatic hydroxyl groups excluding tert-OH is 1. The van der Waals surface area contributed by atoms with Crippen LogP contribution < -0.4 is 0 Å². The fraction of sp³-hybridized carbons (Fsp3) is 0.727. The number of fused-ring (bicyclic) bond motifs is 5. The second-order valence-corrected chi connectivity index (χ2v) is 9.27. The minimum Gasteiger partial charge on any atom is -0.482 e. The van der Waals surface area contributed by atoms with E-state index in [-0.39, 0.29) is 17.8 Å². The van der Waals surface area contributed by atoms with E-state index in [1.165, 1.54) is 32.1 Å². The highest BCUT2D eigenvalue weighted by atomic mass is 16.5. The summed E-state index contributed by atoms with van der Waals surface area (Å²) in [5.74, 6) is 1.93. The van der Waals surface area contributed by atoms with Gasteiger partial charge in [0, 0.05) is 5.41 Å². The predicted octanol–water partition coefficient (Wildman–Crippen LogP) is 3.59. The number of allylic oxidation sites excluding steroid dienone is 3. The van der Waals surface area contributed by atoms with Crippen molar-refractivity contribution in [1.29, 1.82) is 0 Å². The number of carbonyl (C=O) groups is 2. The molecule has 4 aliphatic rings. The fourth-order valence-electron chi connectivity index (χ4n) is 6.64. The van der Waals surface area contributed by atoms with Gasteiger partial charge in [-0.15, -0.1) is 0 Å². The first-order chi connectivity index (χ1) is 12.4. The standard InChI is InChI=1S/C22H30O4/c1-21-9-3-4-16(21)15-5-6-18-20(26-13-14(24)12-23)19(25)8-11-22(18,2)17(15)7-10-21/h8,11,15-17,23H,3-7,9-10,12-13H2,1-2H3/t15-,16-,17+,21-,22+/m0/s1. The van der Waals surface area contributed by atoms with Crippen molar-refractivity contribution in [3.63, 3.8) is 0 Å². The number of Topliss-reactive ketones (excluding diaryl/α,β-unsaturated/α-hetero) is 1. The van der Waals surface area contributed by atoms with Gasteiger partial charge in [-0.3, -0.25) is 9.59 Å². The fourth-order valence-corrected chi connectivity index (χ4v) is 6.64. The zero-order chi connectivity index (χ0) is 18.5. The summed E-state index contributed by atoms with van der Waals surface area (Å²) in [6.45, 7) is 3.98. The smallest absolute Gasteiger partial charge is 0.220 e. The molecular weight excluding hydrogens is 328 g/mol. The zero-order valence-corrected chi connectivity index (χ0v) is 15.9. The van der Waals surface area contributed by atoms with Crippen molar-refractivity contribution in [2.75, 3.05) is 13.2 Å². The Morgan fingerprint density at radius 2 is 2.04 bits per heavy atom. The molecule has 4 nitrogen and oxygen atoms in total. The van der Waals surface area contributed by atoms with E-state index in [0.29, 0.717) is 17.1 Å². The molecular formula is C22H30O4. The molecule has 3 saturated carbocycles. The highest BCUT2D eigenvalue weighted by Crippen LogP contribution is 2.64. The van der Waals surface area contributed by atoms with Crippen molar-refractivity contribution >= 4 is 11.6 Å². The van der Waals surface area contributed by atoms with E-state index in [4.69, 9.17) is 9.84 Å². The molecule has 0 radical (unpaired) electrons. The molecule has 0 amide bonds. The molecule has 0 aliphatic heterocycles. The van der Waals surface area contributed by atoms with Crippen molar-refractivity contribution in [3.05, 3.63) is 23.5 Å². The molecule has 4 heteroatoms. The third kappa shape index (κ3) is 2.60. The van der Waals surface area contributed by atoms with E-state index < -0.39 is 12.4 Å². The van der Waals surface area contributed by atoms with Crippen molar-refractivity contribution < 1.29 is 19.4 Å². The molecule has 142 valence electrons. The highest BCUT2D eigenvalue weighted by molar-refractivity contribution is 6.04. The van der Waals surface area contributed by atoms with E-state index >= 15 is 0 Å². The van der Waals surface area contributed by atoms with Crippen LogP contribution in [0.3, 0.4) is 0 Å². The number of aliphatic hydroxyl groups is 1. The molecule has 0 aromatic rings. The summed E-state index contributed by atoms with van der Waals surface area (Å²) in [7, 11) is 0. The SMILES string of the molecule is C[C@@]12CCC[C@H]1[C@@H]1CCC3=C(OCC(=O)CO)C(=O)C=C[C@]3(C)[C@@H]1CC2. The summed E-state index contributed by atoms with van der Waals surface area (Å²) >= 11 is 0. The van der Waals surface area contributed by atoms with E-state index in [2.05, 4.69) is 19.9 Å². The predicted molar refractivity (Wildman–Crippen MR) is 98.2 cm³/mol. The first-order valence-corrected chi connectivity index (χ1v) is 10.1. The Morgan fingerprint density at radius 3 is 2.81 bits per heavy atom. The van der Waals surface area contributed by atoms with Gasteiger partial charge >= 0.3 is 0 Å². The lowest BCUT2D eigenvalue weighted by Gasteiger charge is -2.56. The first kappa shape index (κ1) is 18.0. The number of hydrogen-bond acceptors (Lipinski definition) is 4. The van der Waals surface area contributed by atoms with Crippen molar-refractivity contribution in [2.45, 2.75) is 58.8 Å². The Labute approximate surface area is 155 Å². The van der Waals surface area contributed by atoms with Gasteiger partial charge in [0.2, 0.25) is 5.78 Å². The molecule has 1 N–H and O–H groups in total. The molecule has 26 heavy (non-hydrogen) atoms. The van der Waals surface area contributed by atoms with Crippen molar-refractivity contribution in [3.8, 4) is 0 Å². The van der Waals surface area contributed by atoms with Crippen LogP contribution in [0.4, 0.5) is 0 Å². The molecule has 4 rings (SSSR count). The lowest BCUT2D eigenvalue weighted by atomic mass is 9.48. The maximum absolute atomic E-state index is 12.4. The molecule has 0 aromatic carbocycles. The number of ketones is 2. The van der Waals surface area contributed by atoms with Crippen LogP contribution in [-0.4, -0.2) is 29.9 Å². The highest BCUT2D eigenvalue weighted by Gasteiger charge is 2.56. The van der Waals surface area contributed by atoms with Crippen LogP contribution in [0.15, 0.2) is 23.5 Å². The summed E-state index contributed by atoms with van der Waals surface area (Å²) < 4.78 is 5.64. The Morgan fingerprint density at radius 1 is 1.23 bits per heavy atom. The third-order valence-electron chi connectivity index (χ3n) is 8.00. The summed E-state index contributed by atoms with van der Waals surface area (Å²) in [6.07, 6.45) is 12.3. The van der Waals surface area contributed by atoms with Gasteiger partial charge in [0.25, 0.3) is 0 Å². The monoisotopic (exact) mass is 358 g/mol. The van der Waals surface area contributed by atoms with Gasteiger partial charge in [-0.05, 0) is 73.3 Å². The molecule has 3 fully saturated rings. The minimum atomic E-state index is -0.547. The van der Waals surface area contributed by atoms with Gasteiger partial charge in [-0.2, -0.15) is 0 Å². The van der Waals surface area contributed by atoms with Crippen LogP contribution in [0.5, 0.6) is 0 Å². The molecule has 0 unspecified atom stereocenters. The molecule has 0 aromatic heterocycles. The van der Waals surface area contributed by atoms with E-state index in [0.717, 1.165) is 30.3 Å². The van der Waals surface area contributed by atoms with E-state index in [1.54, 1.807) is 6.08 Å². The average molecular weight is 358 g/mol. The molecule has 0 bridgehead atoms. The van der Waals surface area contributed by atoms with Crippen LogP contribution in [-0.2, 0) is 14.3 Å². The number of hydrogen-bond donors (Lipinski definition) is 1. The first-order valence-electron chi connectivity index (χ1n) is 10.1. The Hall–Kier alpha value is -1.42. The molecule has 0 spiro atoms. The van der Waals surface area contributed by atoms with Gasteiger partial charge in [-0.25, -0.2) is 0 Å². The minimum absolute atomic E-state index is 0.136. The summed E-state index contributed by atoms with van der Waals surface area (Å²) in [5.41, 5.74) is 1.46. The Bertz CT molecular complexity index is 690. The maximum Gasteiger partial charge on any atom is 0.220 e. The summed E-state index contributed by atoms with van der Waals surface area (Å²) in [5, 5.41) is 8.93. The van der Waals surface area contributed by atoms with Gasteiger partial charge in [-0.1, -0.05) is 26.3 Å². The quantitative estimate of drug-likeness (QED) is 0.834. The van der Waals surface area contributed by atoms with Gasteiger partial charge in [0.1, 0.15) is 13.2 Å². The summed E-state index contributed by atoms with van der Waals surface area (Å²) in [6, 6.07) is 0. The average Bonchev–Trinajstić information content (AvgIpc) is 3.03.